The van der Waals surface area contributed by atoms with Gasteiger partial charge in [0.25, 0.3) is 5.91 Å². The van der Waals surface area contributed by atoms with E-state index in [1.54, 1.807) is 31.3 Å². The van der Waals surface area contributed by atoms with E-state index in [1.165, 1.54) is 5.56 Å². The van der Waals surface area contributed by atoms with Gasteiger partial charge >= 0.3 is 0 Å². The Balaban J connectivity index is 1.70. The minimum absolute atomic E-state index is 0.0771. The molecule has 0 aliphatic rings. The number of rotatable bonds is 4. The standard InChI is InChI=1S/C20H22N4O2/c1-13-11-18(24-26-13)23-17-12-14(9-10-21-17)19(25)22-16-7-5-15(6-8-16)20(2,3)4/h5-12H,1-4H3,(H,22,25)(H,21,23,24). The first-order valence-electron chi connectivity index (χ1n) is 8.39. The fourth-order valence-corrected chi connectivity index (χ4v) is 2.45. The SMILES string of the molecule is Cc1cc(Nc2cc(C(=O)Nc3ccc(C(C)(C)C)cc3)ccn2)no1. The average molecular weight is 350 g/mol. The summed E-state index contributed by atoms with van der Waals surface area (Å²) in [5.74, 6) is 1.56. The lowest BCUT2D eigenvalue weighted by molar-refractivity contribution is 0.102. The number of hydrogen-bond donors (Lipinski definition) is 2. The fraction of sp³-hybridized carbons (Fsp3) is 0.250. The van der Waals surface area contributed by atoms with Crippen LogP contribution in [-0.2, 0) is 5.41 Å². The summed E-state index contributed by atoms with van der Waals surface area (Å²) < 4.78 is 5.01. The van der Waals surface area contributed by atoms with Crippen LogP contribution in [0.5, 0.6) is 0 Å². The first-order chi connectivity index (χ1) is 12.3. The quantitative estimate of drug-likeness (QED) is 0.714. The van der Waals surface area contributed by atoms with Crippen LogP contribution < -0.4 is 10.6 Å². The minimum Gasteiger partial charge on any atom is -0.360 e. The van der Waals surface area contributed by atoms with E-state index in [9.17, 15) is 4.79 Å². The molecular weight excluding hydrogens is 328 g/mol. The Hall–Kier alpha value is -3.15. The van der Waals surface area contributed by atoms with Gasteiger partial charge < -0.3 is 15.2 Å². The molecule has 0 radical (unpaired) electrons. The molecule has 0 spiro atoms. The summed E-state index contributed by atoms with van der Waals surface area (Å²) in [6, 6.07) is 13.0. The first kappa shape index (κ1) is 17.7. The van der Waals surface area contributed by atoms with Crippen molar-refractivity contribution >= 4 is 23.2 Å². The Morgan fingerprint density at radius 2 is 1.77 bits per heavy atom. The third-order valence-corrected chi connectivity index (χ3v) is 3.92. The van der Waals surface area contributed by atoms with Gasteiger partial charge in [0.15, 0.2) is 5.82 Å². The van der Waals surface area contributed by atoms with Gasteiger partial charge in [-0.2, -0.15) is 0 Å². The van der Waals surface area contributed by atoms with Gasteiger partial charge in [0.1, 0.15) is 11.6 Å². The van der Waals surface area contributed by atoms with Crippen molar-refractivity contribution in [2.45, 2.75) is 33.1 Å². The number of nitrogens with one attached hydrogen (secondary N) is 2. The summed E-state index contributed by atoms with van der Waals surface area (Å²) in [6.45, 7) is 8.27. The molecule has 6 nitrogen and oxygen atoms in total. The van der Waals surface area contributed by atoms with Gasteiger partial charge in [0, 0.05) is 23.5 Å². The highest BCUT2D eigenvalue weighted by Gasteiger charge is 2.14. The number of anilines is 3. The van der Waals surface area contributed by atoms with Crippen LogP contribution in [0.25, 0.3) is 0 Å². The molecule has 2 aromatic heterocycles. The Kier molecular flexibility index (Phi) is 4.75. The number of amides is 1. The van der Waals surface area contributed by atoms with Gasteiger partial charge in [-0.05, 0) is 42.2 Å². The number of aromatic nitrogens is 2. The third-order valence-electron chi connectivity index (χ3n) is 3.92. The van der Waals surface area contributed by atoms with Gasteiger partial charge in [0.2, 0.25) is 0 Å². The molecule has 2 heterocycles. The minimum atomic E-state index is -0.199. The van der Waals surface area contributed by atoms with E-state index in [-0.39, 0.29) is 11.3 Å². The van der Waals surface area contributed by atoms with Crippen molar-refractivity contribution < 1.29 is 9.32 Å². The van der Waals surface area contributed by atoms with Gasteiger partial charge in [-0.25, -0.2) is 4.98 Å². The summed E-state index contributed by atoms with van der Waals surface area (Å²) in [5, 5.41) is 9.77. The van der Waals surface area contributed by atoms with E-state index in [2.05, 4.69) is 41.5 Å². The second kappa shape index (κ2) is 7.00. The van der Waals surface area contributed by atoms with Crippen molar-refractivity contribution in [3.05, 3.63) is 65.5 Å². The molecule has 0 atom stereocenters. The zero-order valence-electron chi connectivity index (χ0n) is 15.3. The van der Waals surface area contributed by atoms with E-state index in [4.69, 9.17) is 4.52 Å². The van der Waals surface area contributed by atoms with Crippen LogP contribution in [0.1, 0.15) is 42.5 Å². The molecule has 0 saturated carbocycles. The zero-order chi connectivity index (χ0) is 18.7. The van der Waals surface area contributed by atoms with Crippen LogP contribution in [-0.4, -0.2) is 16.0 Å². The number of carbonyl (C=O) groups is 1. The molecule has 134 valence electrons. The lowest BCUT2D eigenvalue weighted by Crippen LogP contribution is -2.14. The highest BCUT2D eigenvalue weighted by molar-refractivity contribution is 6.04. The highest BCUT2D eigenvalue weighted by atomic mass is 16.5. The summed E-state index contributed by atoms with van der Waals surface area (Å²) >= 11 is 0. The first-order valence-corrected chi connectivity index (χ1v) is 8.39. The molecule has 3 aromatic rings. The molecule has 2 N–H and O–H groups in total. The Morgan fingerprint density at radius 3 is 2.38 bits per heavy atom. The smallest absolute Gasteiger partial charge is 0.255 e. The monoisotopic (exact) mass is 350 g/mol. The van der Waals surface area contributed by atoms with E-state index < -0.39 is 0 Å². The largest absolute Gasteiger partial charge is 0.360 e. The Labute approximate surface area is 152 Å². The summed E-state index contributed by atoms with van der Waals surface area (Å²) in [7, 11) is 0. The molecule has 6 heteroatoms. The van der Waals surface area contributed by atoms with Crippen molar-refractivity contribution in [3.63, 3.8) is 0 Å². The van der Waals surface area contributed by atoms with Crippen LogP contribution in [0.4, 0.5) is 17.3 Å². The maximum absolute atomic E-state index is 12.5. The van der Waals surface area contributed by atoms with Crippen LogP contribution in [0.2, 0.25) is 0 Å². The molecule has 0 saturated heterocycles. The topological polar surface area (TPSA) is 80.0 Å². The van der Waals surface area contributed by atoms with E-state index >= 15 is 0 Å². The summed E-state index contributed by atoms with van der Waals surface area (Å²) in [4.78, 5) is 16.7. The third kappa shape index (κ3) is 4.27. The van der Waals surface area contributed by atoms with E-state index in [1.807, 2.05) is 24.3 Å². The van der Waals surface area contributed by atoms with Gasteiger partial charge in [-0.3, -0.25) is 4.79 Å². The molecule has 1 aromatic carbocycles. The number of nitrogens with zero attached hydrogens (tertiary/aromatic N) is 2. The average Bonchev–Trinajstić information content (AvgIpc) is 2.99. The molecule has 26 heavy (non-hydrogen) atoms. The molecule has 0 aliphatic heterocycles. The predicted octanol–water partition coefficient (Wildman–Crippen LogP) is 4.67. The maximum Gasteiger partial charge on any atom is 0.255 e. The Morgan fingerprint density at radius 1 is 1.04 bits per heavy atom. The normalized spacial score (nSPS) is 11.2. The van der Waals surface area contributed by atoms with Gasteiger partial charge in [-0.15, -0.1) is 0 Å². The number of benzene rings is 1. The van der Waals surface area contributed by atoms with Crippen molar-refractivity contribution in [3.8, 4) is 0 Å². The summed E-state index contributed by atoms with van der Waals surface area (Å²) in [5.41, 5.74) is 2.55. The number of aryl methyl sites for hydroxylation is 1. The molecule has 3 rings (SSSR count). The van der Waals surface area contributed by atoms with Crippen LogP contribution in [0.3, 0.4) is 0 Å². The van der Waals surface area contributed by atoms with Crippen LogP contribution in [0.15, 0.2) is 53.2 Å². The Bertz CT molecular complexity index is 908. The zero-order valence-corrected chi connectivity index (χ0v) is 15.3. The van der Waals surface area contributed by atoms with Crippen molar-refractivity contribution in [2.75, 3.05) is 10.6 Å². The maximum atomic E-state index is 12.5. The van der Waals surface area contributed by atoms with E-state index in [0.29, 0.717) is 23.0 Å². The van der Waals surface area contributed by atoms with Gasteiger partial charge in [0.05, 0.1) is 0 Å². The molecule has 0 bridgehead atoms. The lowest BCUT2D eigenvalue weighted by atomic mass is 9.87. The molecular formula is C20H22N4O2. The van der Waals surface area contributed by atoms with Gasteiger partial charge in [-0.1, -0.05) is 38.1 Å². The van der Waals surface area contributed by atoms with E-state index in [0.717, 1.165) is 5.69 Å². The molecule has 1 amide bonds. The number of hydrogen-bond acceptors (Lipinski definition) is 5. The fourth-order valence-electron chi connectivity index (χ4n) is 2.45. The lowest BCUT2D eigenvalue weighted by Gasteiger charge is -2.19. The predicted molar refractivity (Wildman–Crippen MR) is 102 cm³/mol. The molecule has 0 aliphatic carbocycles. The van der Waals surface area contributed by atoms with Crippen LogP contribution in [0, 0.1) is 6.92 Å². The number of pyridine rings is 1. The van der Waals surface area contributed by atoms with Crippen molar-refractivity contribution in [1.82, 2.24) is 10.1 Å². The summed E-state index contributed by atoms with van der Waals surface area (Å²) in [6.07, 6.45) is 1.58. The second-order valence-electron chi connectivity index (χ2n) is 7.16. The molecule has 0 fully saturated rings. The number of carbonyl (C=O) groups excluding carboxylic acids is 1. The van der Waals surface area contributed by atoms with Crippen molar-refractivity contribution in [1.29, 1.82) is 0 Å². The second-order valence-corrected chi connectivity index (χ2v) is 7.16. The van der Waals surface area contributed by atoms with Crippen molar-refractivity contribution in [2.24, 2.45) is 0 Å². The highest BCUT2D eigenvalue weighted by Crippen LogP contribution is 2.24. The van der Waals surface area contributed by atoms with Crippen LogP contribution >= 0.6 is 0 Å². The molecule has 0 unspecified atom stereocenters.